The van der Waals surface area contributed by atoms with Gasteiger partial charge >= 0.3 is 6.03 Å². The second kappa shape index (κ2) is 6.39. The summed E-state index contributed by atoms with van der Waals surface area (Å²) in [6.07, 6.45) is 1.73. The molecule has 1 aliphatic rings. The summed E-state index contributed by atoms with van der Waals surface area (Å²) in [7, 11) is 0. The minimum atomic E-state index is -0.0760. The highest BCUT2D eigenvalue weighted by molar-refractivity contribution is 5.89. The first kappa shape index (κ1) is 15.4. The zero-order valence-electron chi connectivity index (χ0n) is 13.9. The van der Waals surface area contributed by atoms with Crippen LogP contribution in [0, 0.1) is 6.92 Å². The van der Waals surface area contributed by atoms with Crippen molar-refractivity contribution < 1.29 is 4.79 Å². The molecule has 0 atom stereocenters. The number of aromatic nitrogens is 4. The van der Waals surface area contributed by atoms with Gasteiger partial charge < -0.3 is 15.1 Å². The van der Waals surface area contributed by atoms with E-state index in [0.717, 1.165) is 22.4 Å². The molecule has 8 nitrogen and oxygen atoms in total. The first-order chi connectivity index (χ1) is 12.2. The van der Waals surface area contributed by atoms with Gasteiger partial charge in [-0.15, -0.1) is 0 Å². The van der Waals surface area contributed by atoms with Crippen LogP contribution in [0.2, 0.25) is 0 Å². The molecule has 1 fully saturated rings. The highest BCUT2D eigenvalue weighted by atomic mass is 16.2. The zero-order chi connectivity index (χ0) is 17.2. The van der Waals surface area contributed by atoms with Crippen LogP contribution >= 0.6 is 0 Å². The van der Waals surface area contributed by atoms with Gasteiger partial charge in [0.2, 0.25) is 5.95 Å². The van der Waals surface area contributed by atoms with E-state index in [-0.39, 0.29) is 6.03 Å². The van der Waals surface area contributed by atoms with E-state index in [0.29, 0.717) is 32.1 Å². The van der Waals surface area contributed by atoms with Gasteiger partial charge in [0.15, 0.2) is 0 Å². The van der Waals surface area contributed by atoms with Gasteiger partial charge in [0.1, 0.15) is 11.0 Å². The lowest BCUT2D eigenvalue weighted by atomic mass is 10.3. The third-order valence-corrected chi connectivity index (χ3v) is 4.33. The van der Waals surface area contributed by atoms with Gasteiger partial charge in [-0.05, 0) is 19.1 Å². The van der Waals surface area contributed by atoms with Crippen molar-refractivity contribution in [2.75, 3.05) is 36.4 Å². The molecule has 2 aromatic heterocycles. The van der Waals surface area contributed by atoms with Crippen LogP contribution in [0.3, 0.4) is 0 Å². The van der Waals surface area contributed by atoms with Gasteiger partial charge in [-0.25, -0.2) is 14.8 Å². The van der Waals surface area contributed by atoms with Gasteiger partial charge in [-0.2, -0.15) is 5.10 Å². The molecule has 0 spiro atoms. The first-order valence-corrected chi connectivity index (χ1v) is 8.24. The smallest absolute Gasteiger partial charge is 0.321 e. The molecule has 3 heterocycles. The predicted molar refractivity (Wildman–Crippen MR) is 95.7 cm³/mol. The quantitative estimate of drug-likeness (QED) is 0.747. The van der Waals surface area contributed by atoms with E-state index >= 15 is 0 Å². The Bertz CT molecular complexity index is 884. The number of rotatable bonds is 2. The zero-order valence-corrected chi connectivity index (χ0v) is 13.9. The fourth-order valence-electron chi connectivity index (χ4n) is 2.91. The lowest BCUT2D eigenvalue weighted by Gasteiger charge is -2.34. The monoisotopic (exact) mass is 337 g/mol. The largest absolute Gasteiger partial charge is 0.337 e. The minimum Gasteiger partial charge on any atom is -0.337 e. The Hall–Kier alpha value is -3.16. The molecule has 1 aromatic carbocycles. The van der Waals surface area contributed by atoms with Crippen molar-refractivity contribution in [1.82, 2.24) is 25.1 Å². The van der Waals surface area contributed by atoms with Crippen LogP contribution in [0.25, 0.3) is 11.0 Å². The van der Waals surface area contributed by atoms with Crippen molar-refractivity contribution in [2.24, 2.45) is 0 Å². The molecule has 1 aliphatic heterocycles. The van der Waals surface area contributed by atoms with Crippen LogP contribution in [0.1, 0.15) is 5.69 Å². The maximum Gasteiger partial charge on any atom is 0.321 e. The molecule has 3 aromatic rings. The minimum absolute atomic E-state index is 0.0760. The van der Waals surface area contributed by atoms with Crippen molar-refractivity contribution in [2.45, 2.75) is 6.92 Å². The Kier molecular flexibility index (Phi) is 3.93. The number of aryl methyl sites for hydroxylation is 1. The van der Waals surface area contributed by atoms with Crippen LogP contribution in [0.5, 0.6) is 0 Å². The second-order valence-electron chi connectivity index (χ2n) is 6.02. The van der Waals surface area contributed by atoms with E-state index < -0.39 is 0 Å². The summed E-state index contributed by atoms with van der Waals surface area (Å²) in [5.41, 5.74) is 3.34. The van der Waals surface area contributed by atoms with E-state index in [1.807, 2.05) is 42.2 Å². The molecule has 8 heteroatoms. The molecule has 2 N–H and O–H groups in total. The Morgan fingerprint density at radius 1 is 1.16 bits per heavy atom. The van der Waals surface area contributed by atoms with E-state index in [1.54, 1.807) is 6.20 Å². The van der Waals surface area contributed by atoms with Crippen LogP contribution in [-0.2, 0) is 0 Å². The standard InChI is InChI=1S/C17H19N7O/c1-12-15-14(22-21-12)11-18-16(20-15)23-7-9-24(10-8-23)17(25)19-13-5-3-2-4-6-13/h2-6,11H,7-10H2,1H3,(H,19,25)(H,21,22). The molecule has 2 amide bonds. The Labute approximate surface area is 144 Å². The molecule has 0 aliphatic carbocycles. The number of anilines is 2. The third-order valence-electron chi connectivity index (χ3n) is 4.33. The molecule has 128 valence electrons. The highest BCUT2D eigenvalue weighted by Crippen LogP contribution is 2.17. The maximum atomic E-state index is 12.3. The summed E-state index contributed by atoms with van der Waals surface area (Å²) < 4.78 is 0. The van der Waals surface area contributed by atoms with E-state index in [9.17, 15) is 4.79 Å². The van der Waals surface area contributed by atoms with E-state index in [1.165, 1.54) is 0 Å². The number of benzene rings is 1. The lowest BCUT2D eigenvalue weighted by Crippen LogP contribution is -2.50. The SMILES string of the molecule is Cc1[nH]nc2cnc(N3CCN(C(=O)Nc4ccccc4)CC3)nc12. The number of nitrogens with zero attached hydrogens (tertiary/aromatic N) is 5. The fraction of sp³-hybridized carbons (Fsp3) is 0.294. The molecular formula is C17H19N7O. The summed E-state index contributed by atoms with van der Waals surface area (Å²) >= 11 is 0. The second-order valence-corrected chi connectivity index (χ2v) is 6.02. The number of carbonyl (C=O) groups is 1. The molecular weight excluding hydrogens is 318 g/mol. The topological polar surface area (TPSA) is 90.0 Å². The number of para-hydroxylation sites is 1. The van der Waals surface area contributed by atoms with Gasteiger partial charge in [0, 0.05) is 31.9 Å². The van der Waals surface area contributed by atoms with Crippen molar-refractivity contribution in [1.29, 1.82) is 0 Å². The third kappa shape index (κ3) is 3.10. The summed E-state index contributed by atoms with van der Waals surface area (Å²) in [5.74, 6) is 0.681. The van der Waals surface area contributed by atoms with Crippen molar-refractivity contribution in [3.8, 4) is 0 Å². The first-order valence-electron chi connectivity index (χ1n) is 8.24. The molecule has 25 heavy (non-hydrogen) atoms. The molecule has 0 radical (unpaired) electrons. The predicted octanol–water partition coefficient (Wildman–Crippen LogP) is 2.02. The van der Waals surface area contributed by atoms with Gasteiger partial charge in [-0.3, -0.25) is 5.10 Å². The van der Waals surface area contributed by atoms with Gasteiger partial charge in [0.25, 0.3) is 0 Å². The van der Waals surface area contributed by atoms with Crippen LogP contribution in [0.15, 0.2) is 36.5 Å². The molecule has 0 bridgehead atoms. The number of piperazine rings is 1. The number of nitrogens with one attached hydrogen (secondary N) is 2. The van der Waals surface area contributed by atoms with Crippen molar-refractivity contribution in [3.63, 3.8) is 0 Å². The number of amides is 2. The van der Waals surface area contributed by atoms with Crippen LogP contribution < -0.4 is 10.2 Å². The van der Waals surface area contributed by atoms with Crippen LogP contribution in [-0.4, -0.2) is 57.3 Å². The number of hydrogen-bond donors (Lipinski definition) is 2. The Morgan fingerprint density at radius 2 is 1.92 bits per heavy atom. The van der Waals surface area contributed by atoms with Crippen LogP contribution in [0.4, 0.5) is 16.4 Å². The average Bonchev–Trinajstić information content (AvgIpc) is 3.03. The van der Waals surface area contributed by atoms with E-state index in [2.05, 4.69) is 30.4 Å². The number of fused-ring (bicyclic) bond motifs is 1. The summed E-state index contributed by atoms with van der Waals surface area (Å²) in [5, 5.41) is 9.99. The number of aromatic amines is 1. The normalized spacial score (nSPS) is 14.8. The lowest BCUT2D eigenvalue weighted by molar-refractivity contribution is 0.208. The van der Waals surface area contributed by atoms with E-state index in [4.69, 9.17) is 0 Å². The Morgan fingerprint density at radius 3 is 2.68 bits per heavy atom. The molecule has 0 unspecified atom stereocenters. The van der Waals surface area contributed by atoms with Gasteiger partial charge in [-0.1, -0.05) is 18.2 Å². The number of hydrogen-bond acceptors (Lipinski definition) is 5. The number of H-pyrrole nitrogens is 1. The summed E-state index contributed by atoms with van der Waals surface area (Å²) in [6.45, 7) is 4.60. The summed E-state index contributed by atoms with van der Waals surface area (Å²) in [6, 6.07) is 9.41. The molecule has 4 rings (SSSR count). The maximum absolute atomic E-state index is 12.3. The van der Waals surface area contributed by atoms with Crippen molar-refractivity contribution >= 4 is 28.7 Å². The number of urea groups is 1. The molecule has 1 saturated heterocycles. The fourth-order valence-corrected chi connectivity index (χ4v) is 2.91. The molecule has 0 saturated carbocycles. The summed E-state index contributed by atoms with van der Waals surface area (Å²) in [4.78, 5) is 25.2. The average molecular weight is 337 g/mol. The Balaban J connectivity index is 1.40. The highest BCUT2D eigenvalue weighted by Gasteiger charge is 2.23. The van der Waals surface area contributed by atoms with Gasteiger partial charge in [0.05, 0.1) is 11.9 Å². The van der Waals surface area contributed by atoms with Crippen molar-refractivity contribution in [3.05, 3.63) is 42.2 Å². The number of carbonyl (C=O) groups excluding carboxylic acids is 1.